The Hall–Kier alpha value is -1.51. The molecule has 1 aliphatic rings. The maximum Gasteiger partial charge on any atom is 0.149 e. The molecule has 0 aliphatic heterocycles. The van der Waals surface area contributed by atoms with Gasteiger partial charge in [-0.15, -0.1) is 0 Å². The molecular weight excluding hydrogens is 186 g/mol. The van der Waals surface area contributed by atoms with Crippen LogP contribution in [0.15, 0.2) is 24.4 Å². The third-order valence-corrected chi connectivity index (χ3v) is 2.66. The van der Waals surface area contributed by atoms with Gasteiger partial charge in [-0.25, -0.2) is 4.98 Å². The molecule has 0 spiro atoms. The molecule has 15 heavy (non-hydrogen) atoms. The third kappa shape index (κ3) is 2.49. The van der Waals surface area contributed by atoms with E-state index in [-0.39, 0.29) is 0 Å². The van der Waals surface area contributed by atoms with Crippen molar-refractivity contribution in [3.8, 4) is 0 Å². The first-order valence-corrected chi connectivity index (χ1v) is 5.39. The Kier molecular flexibility index (Phi) is 2.90. The van der Waals surface area contributed by atoms with E-state index >= 15 is 0 Å². The summed E-state index contributed by atoms with van der Waals surface area (Å²) in [5.41, 5.74) is 7.73. The molecule has 1 heterocycles. The molecule has 0 radical (unpaired) electrons. The van der Waals surface area contributed by atoms with E-state index in [0.29, 0.717) is 6.04 Å². The molecular formula is C12H17N3. The van der Waals surface area contributed by atoms with Gasteiger partial charge in [-0.2, -0.15) is 0 Å². The highest BCUT2D eigenvalue weighted by molar-refractivity contribution is 5.62. The maximum atomic E-state index is 5.90. The van der Waals surface area contributed by atoms with Gasteiger partial charge in [0.05, 0.1) is 5.69 Å². The van der Waals surface area contributed by atoms with Crippen LogP contribution in [0.1, 0.15) is 24.8 Å². The smallest absolute Gasteiger partial charge is 0.149 e. The molecule has 2 rings (SSSR count). The van der Waals surface area contributed by atoms with Crippen molar-refractivity contribution in [1.82, 2.24) is 4.98 Å². The van der Waals surface area contributed by atoms with Crippen molar-refractivity contribution in [2.24, 2.45) is 0 Å². The van der Waals surface area contributed by atoms with Crippen LogP contribution in [0.25, 0.3) is 0 Å². The molecule has 80 valence electrons. The first kappa shape index (κ1) is 10.0. The molecule has 0 fully saturated rings. The van der Waals surface area contributed by atoms with E-state index in [9.17, 15) is 0 Å². The minimum Gasteiger partial charge on any atom is -0.396 e. The second-order valence-corrected chi connectivity index (χ2v) is 4.08. The second-order valence-electron chi connectivity index (χ2n) is 4.08. The third-order valence-electron chi connectivity index (χ3n) is 2.66. The Balaban J connectivity index is 2.06. The molecule has 0 bridgehead atoms. The summed E-state index contributed by atoms with van der Waals surface area (Å²) in [5.74, 6) is 0.820. The molecule has 3 heteroatoms. The van der Waals surface area contributed by atoms with Gasteiger partial charge in [0.25, 0.3) is 0 Å². The standard InChI is InChI=1S/C12H17N3/c1-9-7-11(13)12(14-8-9)15-10-5-3-2-4-6-10/h2-3,7-8,10H,4-6,13H2,1H3,(H,14,15). The molecule has 0 saturated carbocycles. The summed E-state index contributed by atoms with van der Waals surface area (Å²) in [7, 11) is 0. The van der Waals surface area contributed by atoms with Crippen LogP contribution in [0.4, 0.5) is 11.5 Å². The predicted octanol–water partition coefficient (Wildman–Crippen LogP) is 2.49. The van der Waals surface area contributed by atoms with Crippen molar-refractivity contribution in [1.29, 1.82) is 0 Å². The van der Waals surface area contributed by atoms with E-state index in [1.165, 1.54) is 0 Å². The molecule has 0 aromatic carbocycles. The second kappa shape index (κ2) is 4.34. The monoisotopic (exact) mass is 203 g/mol. The zero-order valence-corrected chi connectivity index (χ0v) is 9.03. The van der Waals surface area contributed by atoms with Crippen molar-refractivity contribution in [2.45, 2.75) is 32.2 Å². The quantitative estimate of drug-likeness (QED) is 0.726. The fraction of sp³-hybridized carbons (Fsp3) is 0.417. The van der Waals surface area contributed by atoms with E-state index in [1.54, 1.807) is 0 Å². The highest BCUT2D eigenvalue weighted by Crippen LogP contribution is 2.20. The number of nitrogens with two attached hydrogens (primary N) is 1. The minimum absolute atomic E-state index is 0.479. The number of nitrogens with zero attached hydrogens (tertiary/aromatic N) is 1. The lowest BCUT2D eigenvalue weighted by atomic mass is 10.0. The van der Waals surface area contributed by atoms with E-state index < -0.39 is 0 Å². The Morgan fingerprint density at radius 1 is 1.47 bits per heavy atom. The molecule has 1 aliphatic carbocycles. The van der Waals surface area contributed by atoms with Crippen LogP contribution < -0.4 is 11.1 Å². The van der Waals surface area contributed by atoms with E-state index in [0.717, 1.165) is 36.3 Å². The first-order valence-electron chi connectivity index (χ1n) is 5.39. The lowest BCUT2D eigenvalue weighted by molar-refractivity contribution is 0.642. The first-order chi connectivity index (χ1) is 7.25. The van der Waals surface area contributed by atoms with Crippen molar-refractivity contribution < 1.29 is 0 Å². The van der Waals surface area contributed by atoms with Gasteiger partial charge in [0.2, 0.25) is 0 Å². The van der Waals surface area contributed by atoms with E-state index in [4.69, 9.17) is 5.73 Å². The van der Waals surface area contributed by atoms with Gasteiger partial charge >= 0.3 is 0 Å². The zero-order chi connectivity index (χ0) is 10.7. The summed E-state index contributed by atoms with van der Waals surface area (Å²) >= 11 is 0. The van der Waals surface area contributed by atoms with E-state index in [1.807, 2.05) is 19.2 Å². The fourth-order valence-corrected chi connectivity index (χ4v) is 1.83. The minimum atomic E-state index is 0.479. The number of pyridine rings is 1. The van der Waals surface area contributed by atoms with Crippen molar-refractivity contribution in [3.05, 3.63) is 30.0 Å². The summed E-state index contributed by atoms with van der Waals surface area (Å²) in [6.07, 6.45) is 9.65. The number of allylic oxidation sites excluding steroid dienone is 1. The number of aromatic nitrogens is 1. The van der Waals surface area contributed by atoms with Crippen LogP contribution in [0, 0.1) is 6.92 Å². The molecule has 1 unspecified atom stereocenters. The number of nitrogen functional groups attached to an aromatic ring is 1. The van der Waals surface area contributed by atoms with Crippen LogP contribution in [-0.4, -0.2) is 11.0 Å². The predicted molar refractivity (Wildman–Crippen MR) is 63.8 cm³/mol. The largest absolute Gasteiger partial charge is 0.396 e. The number of hydrogen-bond acceptors (Lipinski definition) is 3. The van der Waals surface area contributed by atoms with Gasteiger partial charge in [0.15, 0.2) is 0 Å². The number of rotatable bonds is 2. The van der Waals surface area contributed by atoms with Crippen LogP contribution in [-0.2, 0) is 0 Å². The summed E-state index contributed by atoms with van der Waals surface area (Å²) < 4.78 is 0. The van der Waals surface area contributed by atoms with E-state index in [2.05, 4.69) is 22.5 Å². The molecule has 3 N–H and O–H groups in total. The number of aryl methyl sites for hydroxylation is 1. The maximum absolute atomic E-state index is 5.90. The highest BCUT2D eigenvalue weighted by atomic mass is 15.0. The summed E-state index contributed by atoms with van der Waals surface area (Å²) in [4.78, 5) is 4.31. The van der Waals surface area contributed by atoms with Crippen LogP contribution in [0.5, 0.6) is 0 Å². The molecule has 1 aromatic rings. The van der Waals surface area contributed by atoms with Crippen LogP contribution >= 0.6 is 0 Å². The molecule has 0 saturated heterocycles. The van der Waals surface area contributed by atoms with Gasteiger partial charge in [-0.1, -0.05) is 12.2 Å². The van der Waals surface area contributed by atoms with Gasteiger partial charge in [-0.05, 0) is 37.8 Å². The fourth-order valence-electron chi connectivity index (χ4n) is 1.83. The molecule has 1 atom stereocenters. The van der Waals surface area contributed by atoms with Crippen LogP contribution in [0.2, 0.25) is 0 Å². The van der Waals surface area contributed by atoms with Gasteiger partial charge in [0.1, 0.15) is 5.82 Å². The highest BCUT2D eigenvalue weighted by Gasteiger charge is 2.11. The lowest BCUT2D eigenvalue weighted by Gasteiger charge is -2.20. The number of nitrogens with one attached hydrogen (secondary N) is 1. The Morgan fingerprint density at radius 3 is 3.00 bits per heavy atom. The Bertz CT molecular complexity index is 371. The summed E-state index contributed by atoms with van der Waals surface area (Å²) in [6.45, 7) is 2.00. The molecule has 0 amide bonds. The Labute approximate surface area is 90.4 Å². The average Bonchev–Trinajstić information content (AvgIpc) is 2.24. The normalized spacial score (nSPS) is 20.2. The molecule has 3 nitrogen and oxygen atoms in total. The lowest BCUT2D eigenvalue weighted by Crippen LogP contribution is -2.21. The van der Waals surface area contributed by atoms with Gasteiger partial charge in [0, 0.05) is 12.2 Å². The Morgan fingerprint density at radius 2 is 2.33 bits per heavy atom. The average molecular weight is 203 g/mol. The van der Waals surface area contributed by atoms with Crippen molar-refractivity contribution in [2.75, 3.05) is 11.1 Å². The topological polar surface area (TPSA) is 50.9 Å². The number of anilines is 2. The summed E-state index contributed by atoms with van der Waals surface area (Å²) in [5, 5.41) is 3.39. The summed E-state index contributed by atoms with van der Waals surface area (Å²) in [6, 6.07) is 2.43. The zero-order valence-electron chi connectivity index (χ0n) is 9.03. The van der Waals surface area contributed by atoms with Crippen LogP contribution in [0.3, 0.4) is 0 Å². The van der Waals surface area contributed by atoms with Crippen molar-refractivity contribution >= 4 is 11.5 Å². The number of hydrogen-bond donors (Lipinski definition) is 2. The van der Waals surface area contributed by atoms with Gasteiger partial charge in [-0.3, -0.25) is 0 Å². The van der Waals surface area contributed by atoms with Crippen molar-refractivity contribution in [3.63, 3.8) is 0 Å². The SMILES string of the molecule is Cc1cnc(NC2CC=CCC2)c(N)c1. The van der Waals surface area contributed by atoms with Gasteiger partial charge < -0.3 is 11.1 Å². The molecule has 1 aromatic heterocycles.